The van der Waals surface area contributed by atoms with E-state index in [9.17, 15) is 4.39 Å². The highest BCUT2D eigenvalue weighted by molar-refractivity contribution is 5.30. The highest BCUT2D eigenvalue weighted by Crippen LogP contribution is 2.20. The Labute approximate surface area is 107 Å². The summed E-state index contributed by atoms with van der Waals surface area (Å²) in [5.41, 5.74) is 5.94. The van der Waals surface area contributed by atoms with Gasteiger partial charge in [0, 0.05) is 25.2 Å². The van der Waals surface area contributed by atoms with Gasteiger partial charge in [0.2, 0.25) is 0 Å². The molecule has 0 unspecified atom stereocenters. The van der Waals surface area contributed by atoms with E-state index in [-0.39, 0.29) is 11.6 Å². The van der Waals surface area contributed by atoms with Crippen molar-refractivity contribution >= 4 is 0 Å². The average Bonchev–Trinajstić information content (AvgIpc) is 2.37. The van der Waals surface area contributed by atoms with Crippen molar-refractivity contribution in [3.63, 3.8) is 0 Å². The number of benzene rings is 1. The predicted molar refractivity (Wildman–Crippen MR) is 69.2 cm³/mol. The van der Waals surface area contributed by atoms with Gasteiger partial charge in [0.15, 0.2) is 11.6 Å². The smallest absolute Gasteiger partial charge is 0.169 e. The zero-order chi connectivity index (χ0) is 13.4. The second-order valence-corrected chi connectivity index (χ2v) is 4.07. The fourth-order valence-corrected chi connectivity index (χ4v) is 1.61. The maximum Gasteiger partial charge on any atom is 0.169 e. The van der Waals surface area contributed by atoms with Gasteiger partial charge in [0.05, 0.1) is 20.3 Å². The molecule has 0 aliphatic rings. The van der Waals surface area contributed by atoms with Gasteiger partial charge in [-0.2, -0.15) is 0 Å². The molecule has 0 aliphatic carbocycles. The first-order valence-corrected chi connectivity index (χ1v) is 5.96. The maximum absolute atomic E-state index is 13.9. The van der Waals surface area contributed by atoms with Crippen molar-refractivity contribution in [2.45, 2.75) is 6.54 Å². The number of rotatable bonds is 8. The molecular formula is C13H21FN2O2. The highest BCUT2D eigenvalue weighted by Gasteiger charge is 2.10. The standard InChI is InChI=1S/C13H21FN2O2/c1-16(7-9-18-8-6-15)10-11-4-3-5-12(17-2)13(11)14/h3-5H,6-10,15H2,1-2H3. The number of hydrogen-bond donors (Lipinski definition) is 1. The Bertz CT molecular complexity index is 361. The van der Waals surface area contributed by atoms with Crippen LogP contribution in [0.25, 0.3) is 0 Å². The van der Waals surface area contributed by atoms with Crippen LogP contribution in [0, 0.1) is 5.82 Å². The molecule has 1 aromatic rings. The van der Waals surface area contributed by atoms with E-state index >= 15 is 0 Å². The number of nitrogens with two attached hydrogens (primary N) is 1. The molecule has 0 aromatic heterocycles. The minimum atomic E-state index is -0.297. The van der Waals surface area contributed by atoms with Gasteiger partial charge in [-0.05, 0) is 13.1 Å². The summed E-state index contributed by atoms with van der Waals surface area (Å²) < 4.78 is 24.1. The average molecular weight is 256 g/mol. The lowest BCUT2D eigenvalue weighted by Crippen LogP contribution is -2.24. The van der Waals surface area contributed by atoms with Crippen LogP contribution in [0.4, 0.5) is 4.39 Å². The number of nitrogens with zero attached hydrogens (tertiary/aromatic N) is 1. The van der Waals surface area contributed by atoms with Crippen LogP contribution in [0.5, 0.6) is 5.75 Å². The fourth-order valence-electron chi connectivity index (χ4n) is 1.61. The second kappa shape index (κ2) is 8.02. The van der Waals surface area contributed by atoms with E-state index in [1.54, 1.807) is 18.2 Å². The van der Waals surface area contributed by atoms with Crippen LogP contribution in [-0.4, -0.2) is 45.4 Å². The van der Waals surface area contributed by atoms with Crippen molar-refractivity contribution in [1.82, 2.24) is 4.90 Å². The summed E-state index contributed by atoms with van der Waals surface area (Å²) >= 11 is 0. The summed E-state index contributed by atoms with van der Waals surface area (Å²) in [6.07, 6.45) is 0. The molecule has 0 aliphatic heterocycles. The van der Waals surface area contributed by atoms with Gasteiger partial charge in [-0.3, -0.25) is 4.90 Å². The molecule has 1 rings (SSSR count). The molecule has 102 valence electrons. The number of methoxy groups -OCH3 is 1. The molecule has 0 fully saturated rings. The Kier molecular flexibility index (Phi) is 6.64. The Morgan fingerprint density at radius 1 is 1.33 bits per heavy atom. The maximum atomic E-state index is 13.9. The summed E-state index contributed by atoms with van der Waals surface area (Å²) in [6, 6.07) is 5.16. The largest absolute Gasteiger partial charge is 0.494 e. The zero-order valence-corrected chi connectivity index (χ0v) is 11.0. The van der Waals surface area contributed by atoms with E-state index in [1.807, 2.05) is 11.9 Å². The molecule has 0 spiro atoms. The molecule has 18 heavy (non-hydrogen) atoms. The summed E-state index contributed by atoms with van der Waals surface area (Å²) in [5, 5.41) is 0. The van der Waals surface area contributed by atoms with E-state index < -0.39 is 0 Å². The molecule has 0 saturated heterocycles. The lowest BCUT2D eigenvalue weighted by atomic mass is 10.2. The summed E-state index contributed by atoms with van der Waals surface area (Å²) in [6.45, 7) is 2.93. The minimum absolute atomic E-state index is 0.278. The van der Waals surface area contributed by atoms with Gasteiger partial charge in [0.25, 0.3) is 0 Å². The SMILES string of the molecule is COc1cccc(CN(C)CCOCCN)c1F. The molecule has 0 amide bonds. The van der Waals surface area contributed by atoms with E-state index in [0.717, 1.165) is 6.54 Å². The minimum Gasteiger partial charge on any atom is -0.494 e. The Hall–Kier alpha value is -1.17. The van der Waals surface area contributed by atoms with Crippen LogP contribution in [0.3, 0.4) is 0 Å². The van der Waals surface area contributed by atoms with Crippen LogP contribution in [0.1, 0.15) is 5.56 Å². The number of likely N-dealkylation sites (N-methyl/N-ethyl adjacent to an activating group) is 1. The van der Waals surface area contributed by atoms with E-state index in [4.69, 9.17) is 15.2 Å². The van der Waals surface area contributed by atoms with E-state index in [1.165, 1.54) is 7.11 Å². The number of hydrogen-bond acceptors (Lipinski definition) is 4. The first-order chi connectivity index (χ1) is 8.69. The molecule has 0 atom stereocenters. The van der Waals surface area contributed by atoms with Crippen molar-refractivity contribution < 1.29 is 13.9 Å². The Morgan fingerprint density at radius 2 is 2.11 bits per heavy atom. The zero-order valence-electron chi connectivity index (χ0n) is 11.0. The molecule has 1 aromatic carbocycles. The van der Waals surface area contributed by atoms with Crippen molar-refractivity contribution in [3.05, 3.63) is 29.6 Å². The quantitative estimate of drug-likeness (QED) is 0.711. The van der Waals surface area contributed by atoms with Crippen molar-refractivity contribution in [3.8, 4) is 5.75 Å². The van der Waals surface area contributed by atoms with Gasteiger partial charge in [0.1, 0.15) is 0 Å². The third kappa shape index (κ3) is 4.60. The summed E-state index contributed by atoms with van der Waals surface area (Å²) in [5.74, 6) is -0.0185. The van der Waals surface area contributed by atoms with Crippen molar-refractivity contribution in [1.29, 1.82) is 0 Å². The fraction of sp³-hybridized carbons (Fsp3) is 0.538. The molecule has 0 heterocycles. The third-order valence-electron chi connectivity index (χ3n) is 2.58. The van der Waals surface area contributed by atoms with Crippen LogP contribution < -0.4 is 10.5 Å². The van der Waals surface area contributed by atoms with Gasteiger partial charge in [-0.15, -0.1) is 0 Å². The molecule has 5 heteroatoms. The van der Waals surface area contributed by atoms with Gasteiger partial charge in [-0.25, -0.2) is 4.39 Å². The summed E-state index contributed by atoms with van der Waals surface area (Å²) in [7, 11) is 3.39. The Morgan fingerprint density at radius 3 is 2.78 bits per heavy atom. The highest BCUT2D eigenvalue weighted by atomic mass is 19.1. The molecule has 0 bridgehead atoms. The topological polar surface area (TPSA) is 47.7 Å². The molecule has 0 radical (unpaired) electrons. The lowest BCUT2D eigenvalue weighted by Gasteiger charge is -2.17. The first-order valence-electron chi connectivity index (χ1n) is 5.96. The van der Waals surface area contributed by atoms with Crippen LogP contribution >= 0.6 is 0 Å². The normalized spacial score (nSPS) is 10.9. The number of ether oxygens (including phenoxy) is 2. The summed E-state index contributed by atoms with van der Waals surface area (Å²) in [4.78, 5) is 1.99. The van der Waals surface area contributed by atoms with Gasteiger partial charge in [-0.1, -0.05) is 12.1 Å². The molecule has 4 nitrogen and oxygen atoms in total. The molecular weight excluding hydrogens is 235 g/mol. The van der Waals surface area contributed by atoms with Crippen molar-refractivity contribution in [2.24, 2.45) is 5.73 Å². The predicted octanol–water partition coefficient (Wildman–Crippen LogP) is 1.24. The van der Waals surface area contributed by atoms with E-state index in [2.05, 4.69) is 0 Å². The first kappa shape index (κ1) is 14.9. The molecule has 2 N–H and O–H groups in total. The van der Waals surface area contributed by atoms with Gasteiger partial charge < -0.3 is 15.2 Å². The molecule has 0 saturated carbocycles. The van der Waals surface area contributed by atoms with Crippen LogP contribution in [0.15, 0.2) is 18.2 Å². The van der Waals surface area contributed by atoms with Gasteiger partial charge >= 0.3 is 0 Å². The van der Waals surface area contributed by atoms with Crippen LogP contribution in [-0.2, 0) is 11.3 Å². The number of halogens is 1. The monoisotopic (exact) mass is 256 g/mol. The second-order valence-electron chi connectivity index (χ2n) is 4.07. The van der Waals surface area contributed by atoms with E-state index in [0.29, 0.717) is 31.9 Å². The Balaban J connectivity index is 2.46. The van der Waals surface area contributed by atoms with Crippen molar-refractivity contribution in [2.75, 3.05) is 40.5 Å². The third-order valence-corrected chi connectivity index (χ3v) is 2.58. The van der Waals surface area contributed by atoms with Crippen LogP contribution in [0.2, 0.25) is 0 Å². The lowest BCUT2D eigenvalue weighted by molar-refractivity contribution is 0.115.